The molecule has 0 saturated carbocycles. The molecule has 4 aromatic rings. The predicted octanol–water partition coefficient (Wildman–Crippen LogP) is -0.659. The lowest BCUT2D eigenvalue weighted by molar-refractivity contribution is -0.168. The molecule has 0 aliphatic carbocycles. The van der Waals surface area contributed by atoms with Gasteiger partial charge in [-0.05, 0) is 11.6 Å². The summed E-state index contributed by atoms with van der Waals surface area (Å²) in [6, 6.07) is 0. The Kier molecular flexibility index (Phi) is 7.47. The standard InChI is InChI=1S/C20H23ClN10O12P2/c21-19-26-13(22)9-14(27-19)30(3-24-9)8-1-6-7(40-8)2-39-45(36,37)43-12-11(32)18(38-5-44(34,35)42-6)41-17(12)31-4-25-10-15(31)28-20(23)29-16(10)33/h3-4,6-8,11-12,17-18,32H,1-2,5H2,(H,34,35)(H,36,37)(H2,22,26,27)(H3,23,28,29,33)/t6-,7+,8+,11-,12+,17+,18-/m0/s1. The Bertz CT molecular complexity index is 1960. The van der Waals surface area contributed by atoms with Gasteiger partial charge in [-0.25, -0.2) is 14.5 Å². The minimum atomic E-state index is -5.05. The van der Waals surface area contributed by atoms with Crippen molar-refractivity contribution in [1.29, 1.82) is 0 Å². The molecule has 242 valence electrons. The molecule has 25 heteroatoms. The Hall–Kier alpha value is -3.11. The van der Waals surface area contributed by atoms with Gasteiger partial charge in [-0.3, -0.25) is 32.5 Å². The zero-order chi connectivity index (χ0) is 31.8. The molecule has 3 fully saturated rings. The quantitative estimate of drug-likeness (QED) is 0.112. The van der Waals surface area contributed by atoms with E-state index in [0.29, 0.717) is 0 Å². The van der Waals surface area contributed by atoms with Gasteiger partial charge in [-0.15, -0.1) is 0 Å². The van der Waals surface area contributed by atoms with Crippen molar-refractivity contribution in [1.82, 2.24) is 39.0 Å². The van der Waals surface area contributed by atoms with Crippen LogP contribution in [0.4, 0.5) is 11.8 Å². The number of aliphatic hydroxyl groups excluding tert-OH is 1. The molecule has 9 atom stereocenters. The highest BCUT2D eigenvalue weighted by molar-refractivity contribution is 7.52. The first-order valence-electron chi connectivity index (χ1n) is 12.9. The van der Waals surface area contributed by atoms with Crippen molar-refractivity contribution in [3.63, 3.8) is 0 Å². The summed E-state index contributed by atoms with van der Waals surface area (Å²) in [7, 11) is -9.67. The third kappa shape index (κ3) is 5.62. The van der Waals surface area contributed by atoms with Crippen LogP contribution in [-0.4, -0.2) is 97.6 Å². The van der Waals surface area contributed by atoms with E-state index >= 15 is 0 Å². The first kappa shape index (κ1) is 30.5. The van der Waals surface area contributed by atoms with Gasteiger partial charge in [0, 0.05) is 6.42 Å². The normalized spacial score (nSPS) is 36.0. The minimum Gasteiger partial charge on any atom is -0.385 e. The Morgan fingerprint density at radius 2 is 1.73 bits per heavy atom. The number of imidazole rings is 2. The topological polar surface area (TPSA) is 309 Å². The molecule has 22 nitrogen and oxygen atoms in total. The van der Waals surface area contributed by atoms with E-state index in [9.17, 15) is 28.8 Å². The zero-order valence-corrected chi connectivity index (χ0v) is 24.9. The Morgan fingerprint density at radius 1 is 1.00 bits per heavy atom. The van der Waals surface area contributed by atoms with E-state index in [4.69, 9.17) is 50.9 Å². The van der Waals surface area contributed by atoms with Gasteiger partial charge in [0.25, 0.3) is 5.56 Å². The van der Waals surface area contributed by atoms with Crippen LogP contribution >= 0.6 is 27.0 Å². The van der Waals surface area contributed by atoms with Crippen LogP contribution in [0, 0.1) is 0 Å². The van der Waals surface area contributed by atoms with Crippen molar-refractivity contribution >= 4 is 61.1 Å². The number of hydrogen-bond donors (Lipinski definition) is 6. The number of hydrogen-bond acceptors (Lipinski definition) is 17. The molecule has 3 aliphatic rings. The molecule has 45 heavy (non-hydrogen) atoms. The van der Waals surface area contributed by atoms with Gasteiger partial charge in [0.05, 0.1) is 19.3 Å². The lowest BCUT2D eigenvalue weighted by atomic mass is 10.2. The summed E-state index contributed by atoms with van der Waals surface area (Å²) in [5.41, 5.74) is 11.0. The van der Waals surface area contributed by atoms with Gasteiger partial charge in [0.15, 0.2) is 41.5 Å². The number of aromatic nitrogens is 8. The van der Waals surface area contributed by atoms with Crippen molar-refractivity contribution in [3.05, 3.63) is 28.3 Å². The number of nitrogen functional groups attached to an aromatic ring is 2. The Morgan fingerprint density at radius 3 is 2.53 bits per heavy atom. The summed E-state index contributed by atoms with van der Waals surface area (Å²) in [4.78, 5) is 56.0. The van der Waals surface area contributed by atoms with Crippen LogP contribution in [0.15, 0.2) is 17.4 Å². The number of rotatable bonds is 2. The van der Waals surface area contributed by atoms with Gasteiger partial charge in [-0.1, -0.05) is 0 Å². The number of nitrogens with one attached hydrogen (secondary N) is 1. The molecule has 7 rings (SSSR count). The van der Waals surface area contributed by atoms with Gasteiger partial charge in [-0.2, -0.15) is 15.0 Å². The molecular formula is C20H23ClN10O12P2. The van der Waals surface area contributed by atoms with Crippen LogP contribution in [0.2, 0.25) is 5.28 Å². The SMILES string of the molecule is Nc1nc2c(ncn2[C@@H]2O[C@@H]3OCP(=O)(O)O[C@H]4C[C@H](n5cnc6c(N)nc(Cl)nc65)O[C@@H]4COP(=O)(O)O[C@@H]2[C@@H]3O)c(=O)[nH]1. The third-order valence-electron chi connectivity index (χ3n) is 7.17. The molecule has 0 radical (unpaired) electrons. The second kappa shape index (κ2) is 11.0. The maximum Gasteiger partial charge on any atom is 0.472 e. The van der Waals surface area contributed by atoms with Crippen LogP contribution in [0.3, 0.4) is 0 Å². The van der Waals surface area contributed by atoms with Crippen LogP contribution < -0.4 is 17.0 Å². The monoisotopic (exact) mass is 692 g/mol. The summed E-state index contributed by atoms with van der Waals surface area (Å²) in [5, 5.41) is 10.8. The molecule has 0 spiro atoms. The second-order valence-electron chi connectivity index (χ2n) is 10.1. The van der Waals surface area contributed by atoms with Gasteiger partial charge >= 0.3 is 15.4 Å². The van der Waals surface area contributed by atoms with Crippen molar-refractivity contribution in [2.24, 2.45) is 0 Å². The van der Waals surface area contributed by atoms with E-state index in [0.717, 1.165) is 10.9 Å². The van der Waals surface area contributed by atoms with Crippen LogP contribution in [0.25, 0.3) is 22.3 Å². The fraction of sp³-hybridized carbons (Fsp3) is 0.500. The highest BCUT2D eigenvalue weighted by Crippen LogP contribution is 2.53. The Labute approximate surface area is 254 Å². The summed E-state index contributed by atoms with van der Waals surface area (Å²) in [5.74, 6) is -0.270. The number of aromatic amines is 1. The summed E-state index contributed by atoms with van der Waals surface area (Å²) >= 11 is 5.96. The number of phosphoric ester groups is 1. The molecular weight excluding hydrogens is 670 g/mol. The van der Waals surface area contributed by atoms with Crippen molar-refractivity contribution in [3.8, 4) is 0 Å². The highest BCUT2D eigenvalue weighted by Gasteiger charge is 2.52. The Balaban J connectivity index is 1.19. The smallest absolute Gasteiger partial charge is 0.385 e. The van der Waals surface area contributed by atoms with Gasteiger partial charge < -0.3 is 45.1 Å². The number of ether oxygens (including phenoxy) is 3. The van der Waals surface area contributed by atoms with E-state index in [1.165, 1.54) is 10.9 Å². The molecule has 7 heterocycles. The van der Waals surface area contributed by atoms with E-state index in [-0.39, 0.29) is 45.8 Å². The van der Waals surface area contributed by atoms with Crippen molar-refractivity contribution in [2.45, 2.75) is 49.6 Å². The van der Waals surface area contributed by atoms with Crippen molar-refractivity contribution in [2.75, 3.05) is 24.4 Å². The maximum absolute atomic E-state index is 13.2. The first-order valence-corrected chi connectivity index (χ1v) is 16.6. The lowest BCUT2D eigenvalue weighted by Gasteiger charge is -2.25. The molecule has 0 aromatic carbocycles. The largest absolute Gasteiger partial charge is 0.472 e. The van der Waals surface area contributed by atoms with Gasteiger partial charge in [0.1, 0.15) is 36.2 Å². The number of nitrogens with two attached hydrogens (primary N) is 2. The van der Waals surface area contributed by atoms with Gasteiger partial charge in [0.2, 0.25) is 11.2 Å². The summed E-state index contributed by atoms with van der Waals surface area (Å²) < 4.78 is 62.0. The second-order valence-corrected chi connectivity index (χ2v) is 13.6. The number of H-pyrrole nitrogens is 1. The minimum absolute atomic E-state index is 0.00587. The van der Waals surface area contributed by atoms with Crippen LogP contribution in [0.5, 0.6) is 0 Å². The molecule has 0 amide bonds. The first-order chi connectivity index (χ1) is 21.3. The fourth-order valence-electron chi connectivity index (χ4n) is 5.24. The molecule has 4 aromatic heterocycles. The number of anilines is 2. The lowest BCUT2D eigenvalue weighted by Crippen LogP contribution is -2.35. The molecule has 3 aliphatic heterocycles. The zero-order valence-electron chi connectivity index (χ0n) is 22.4. The van der Waals surface area contributed by atoms with E-state index in [2.05, 4.69) is 29.9 Å². The van der Waals surface area contributed by atoms with E-state index in [1.54, 1.807) is 0 Å². The summed E-state index contributed by atoms with van der Waals surface area (Å²) in [6.45, 7) is -0.681. The summed E-state index contributed by atoms with van der Waals surface area (Å²) in [6.07, 6.45) is -8.72. The highest BCUT2D eigenvalue weighted by atomic mass is 35.5. The number of phosphoric acid groups is 1. The molecule has 3 saturated heterocycles. The number of fused-ring (bicyclic) bond motifs is 5. The van der Waals surface area contributed by atoms with Crippen LogP contribution in [-0.2, 0) is 36.9 Å². The van der Waals surface area contributed by atoms with E-state index < -0.39 is 77.1 Å². The van der Waals surface area contributed by atoms with Crippen molar-refractivity contribution < 1.29 is 51.8 Å². The molecule has 2 unspecified atom stereocenters. The maximum atomic E-state index is 13.2. The number of halogens is 1. The average molecular weight is 693 g/mol. The van der Waals surface area contributed by atoms with E-state index in [1.807, 2.05) is 0 Å². The average Bonchev–Trinajstić information content (AvgIpc) is 3.72. The number of aliphatic hydroxyl groups is 1. The number of nitrogens with zero attached hydrogens (tertiary/aromatic N) is 7. The molecule has 2 bridgehead atoms. The molecule has 8 N–H and O–H groups in total. The fourth-order valence-corrected chi connectivity index (χ4v) is 7.38. The predicted molar refractivity (Wildman–Crippen MR) is 147 cm³/mol. The third-order valence-corrected chi connectivity index (χ3v) is 9.40. The van der Waals surface area contributed by atoms with Crippen LogP contribution in [0.1, 0.15) is 18.9 Å².